The summed E-state index contributed by atoms with van der Waals surface area (Å²) in [6.45, 7) is 16.2. The summed E-state index contributed by atoms with van der Waals surface area (Å²) < 4.78 is 8.30. The highest BCUT2D eigenvalue weighted by molar-refractivity contribution is 7.99. The number of fused-ring (bicyclic) bond motifs is 6. The van der Waals surface area contributed by atoms with E-state index in [1.807, 2.05) is 35.0 Å². The molecule has 0 atom stereocenters. The Labute approximate surface area is 435 Å². The number of thioether (sulfide) groups is 2. The van der Waals surface area contributed by atoms with Crippen molar-refractivity contribution >= 4 is 35.2 Å². The van der Waals surface area contributed by atoms with Gasteiger partial charge in [-0.15, -0.1) is 0 Å². The first-order chi connectivity index (χ1) is 34.3. The van der Waals surface area contributed by atoms with Gasteiger partial charge in [-0.3, -0.25) is 13.9 Å². The van der Waals surface area contributed by atoms with Crippen molar-refractivity contribution in [2.24, 2.45) is 0 Å². The topological polar surface area (TPSA) is 102 Å². The van der Waals surface area contributed by atoms with Crippen LogP contribution in [0.4, 0.5) is 11.6 Å². The molecule has 2 N–H and O–H groups in total. The van der Waals surface area contributed by atoms with Gasteiger partial charge >= 0.3 is 16.0 Å². The Balaban J connectivity index is 1.37. The first-order valence-corrected chi connectivity index (χ1v) is 31.2. The molecule has 1 aliphatic rings. The van der Waals surface area contributed by atoms with Gasteiger partial charge < -0.3 is 10.6 Å². The molecule has 0 saturated heterocycles. The third-order valence-corrected chi connectivity index (χ3v) is 16.5. The average molecular weight is 1010 g/mol. The van der Waals surface area contributed by atoms with Crippen LogP contribution in [0.2, 0.25) is 0 Å². The van der Waals surface area contributed by atoms with E-state index in [1.54, 1.807) is 6.07 Å². The molecule has 70 heavy (non-hydrogen) atoms. The van der Waals surface area contributed by atoms with Gasteiger partial charge in [-0.1, -0.05) is 155 Å². The number of hydrogen-bond acceptors (Lipinski definition) is 8. The zero-order valence-corrected chi connectivity index (χ0v) is 47.2. The lowest BCUT2D eigenvalue weighted by Crippen LogP contribution is -2.41. The molecule has 1 aliphatic heterocycles. The summed E-state index contributed by atoms with van der Waals surface area (Å²) >= 11 is 3.89. The highest BCUT2D eigenvalue weighted by atomic mass is 32.2. The molecule has 0 amide bonds. The smallest absolute Gasteiger partial charge is 0.349 e. The van der Waals surface area contributed by atoms with Crippen LogP contribution in [-0.4, -0.2) is 43.7 Å². The van der Waals surface area contributed by atoms with Gasteiger partial charge in [-0.25, -0.2) is 13.9 Å². The lowest BCUT2D eigenvalue weighted by atomic mass is 10.1. The molecule has 3 aromatic heterocycles. The predicted octanol–water partition coefficient (Wildman–Crippen LogP) is 14.6. The van der Waals surface area contributed by atoms with Crippen LogP contribution in [0.25, 0.3) is 0 Å². The molecule has 0 aromatic carbocycles. The highest BCUT2D eigenvalue weighted by Crippen LogP contribution is 2.22. The molecule has 0 aliphatic carbocycles. The molecular weight excluding hydrogens is 905 g/mol. The Bertz CT molecular complexity index is 1970. The van der Waals surface area contributed by atoms with E-state index in [9.17, 15) is 9.59 Å². The molecule has 0 fully saturated rings. The van der Waals surface area contributed by atoms with Crippen LogP contribution in [0.1, 0.15) is 243 Å². The molecule has 10 nitrogen and oxygen atoms in total. The van der Waals surface area contributed by atoms with Crippen molar-refractivity contribution in [3.8, 4) is 0 Å². The van der Waals surface area contributed by atoms with Crippen molar-refractivity contribution in [2.75, 3.05) is 35.2 Å². The van der Waals surface area contributed by atoms with E-state index in [-0.39, 0.29) is 11.2 Å². The maximum absolute atomic E-state index is 13.5. The van der Waals surface area contributed by atoms with Crippen molar-refractivity contribution in [3.63, 3.8) is 0 Å². The van der Waals surface area contributed by atoms with E-state index < -0.39 is 0 Å². The number of rotatable bonds is 16. The summed E-state index contributed by atoms with van der Waals surface area (Å²) in [5.41, 5.74) is 3.14. The van der Waals surface area contributed by atoms with Gasteiger partial charge in [0.15, 0.2) is 0 Å². The molecule has 396 valence electrons. The third kappa shape index (κ3) is 24.2. The number of aromatic nitrogens is 6. The molecule has 4 heterocycles. The van der Waals surface area contributed by atoms with Gasteiger partial charge in [-0.2, -0.15) is 0 Å². The molecule has 12 heteroatoms. The lowest BCUT2D eigenvalue weighted by Gasteiger charge is -2.13. The molecule has 0 spiro atoms. The largest absolute Gasteiger partial charge is 0.361 e. The van der Waals surface area contributed by atoms with Gasteiger partial charge in [-0.05, 0) is 125 Å². The number of unbranched alkanes of at least 4 members (excludes halogenated alkanes) is 12. The minimum Gasteiger partial charge on any atom is -0.349 e. The number of hydrogen-bond donors (Lipinski definition) is 2. The Kier molecular flexibility index (Phi) is 32.3. The van der Waals surface area contributed by atoms with Gasteiger partial charge in [0.2, 0.25) is 11.6 Å². The van der Waals surface area contributed by atoms with Crippen molar-refractivity contribution in [1.29, 1.82) is 0 Å². The second-order valence-electron chi connectivity index (χ2n) is 20.7. The molecule has 0 unspecified atom stereocenters. The molecule has 6 bridgehead atoms. The van der Waals surface area contributed by atoms with Gasteiger partial charge in [0.1, 0.15) is 11.4 Å². The van der Waals surface area contributed by atoms with Crippen LogP contribution in [0, 0.1) is 20.8 Å². The molecule has 0 radical (unpaired) electrons. The first-order valence-electron chi connectivity index (χ1n) is 29.2. The number of aryl methyl sites for hydroxylation is 3. The quantitative estimate of drug-likeness (QED) is 0.0831. The Morgan fingerprint density at radius 1 is 0.471 bits per heavy atom. The van der Waals surface area contributed by atoms with Crippen LogP contribution >= 0.6 is 23.5 Å². The third-order valence-electron chi connectivity index (χ3n) is 14.4. The van der Waals surface area contributed by atoms with Crippen molar-refractivity contribution < 1.29 is 9.13 Å². The summed E-state index contributed by atoms with van der Waals surface area (Å²) in [5, 5.41) is 9.75. The second-order valence-corrected chi connectivity index (χ2v) is 22.8. The van der Waals surface area contributed by atoms with Gasteiger partial charge in [0, 0.05) is 61.6 Å². The molecule has 4 rings (SSSR count). The Morgan fingerprint density at radius 2 is 0.843 bits per heavy atom. The first kappa shape index (κ1) is 59.7. The van der Waals surface area contributed by atoms with E-state index >= 15 is 0 Å². The Morgan fingerprint density at radius 3 is 1.29 bits per heavy atom. The summed E-state index contributed by atoms with van der Waals surface area (Å²) in [7, 11) is 0. The van der Waals surface area contributed by atoms with E-state index in [0.29, 0.717) is 13.1 Å². The maximum atomic E-state index is 13.5. The van der Waals surface area contributed by atoms with E-state index in [4.69, 9.17) is 9.97 Å². The zero-order valence-electron chi connectivity index (χ0n) is 45.5. The lowest BCUT2D eigenvalue weighted by molar-refractivity contribution is -0.742. The van der Waals surface area contributed by atoms with E-state index in [0.717, 1.165) is 106 Å². The number of nitrogens with zero attached hydrogens (tertiary/aromatic N) is 6. The van der Waals surface area contributed by atoms with Crippen LogP contribution < -0.4 is 31.0 Å². The van der Waals surface area contributed by atoms with Crippen LogP contribution in [0.5, 0.6) is 0 Å². The Hall–Kier alpha value is -2.86. The molecular formula is C58H102N8O2S2+2. The molecule has 3 aromatic rings. The summed E-state index contributed by atoms with van der Waals surface area (Å²) in [5.74, 6) is 4.23. The second kappa shape index (κ2) is 37.8. The summed E-state index contributed by atoms with van der Waals surface area (Å²) in [4.78, 5) is 36.8. The average Bonchev–Trinajstić information content (AvgIpc) is 3.34. The standard InChI is InChI=1S/C58H100N8O2S2/c1-6-8-10-12-18-24-33-41-63-50(3)47-53-59-39-31-30-32-40-60-54-48-51(4)64(42-34-25-19-13-11-9-7-2)57(62-54)70-46-38-29-23-17-15-21-27-36-44-66-55(67)49-52(5)65(58(66)68)43-35-26-20-14-16-22-28-37-45-69-56(63)61-53/h47-49H,6-46H2,1-5H3/p+2. The van der Waals surface area contributed by atoms with E-state index in [1.165, 1.54) is 187 Å². The van der Waals surface area contributed by atoms with Gasteiger partial charge in [0.05, 0.1) is 13.1 Å². The zero-order chi connectivity index (χ0) is 49.9. The minimum absolute atomic E-state index is 0.122. The van der Waals surface area contributed by atoms with Crippen LogP contribution in [0.3, 0.4) is 0 Å². The fourth-order valence-electron chi connectivity index (χ4n) is 9.90. The predicted molar refractivity (Wildman–Crippen MR) is 300 cm³/mol. The summed E-state index contributed by atoms with van der Waals surface area (Å²) in [6, 6.07) is 6.20. The number of nitrogens with one attached hydrogen (secondary N) is 2. The normalized spacial score (nSPS) is 16.6. The van der Waals surface area contributed by atoms with Crippen LogP contribution in [0.15, 0.2) is 38.1 Å². The fraction of sp³-hybridized carbons (Fsp3) is 0.793. The maximum Gasteiger partial charge on any atom is 0.361 e. The van der Waals surface area contributed by atoms with Crippen molar-refractivity contribution in [2.45, 2.75) is 283 Å². The fourth-order valence-corrected chi connectivity index (χ4v) is 12.1. The van der Waals surface area contributed by atoms with Gasteiger partial charge in [0.25, 0.3) is 5.56 Å². The van der Waals surface area contributed by atoms with Crippen LogP contribution in [-0.2, 0) is 26.2 Å². The summed E-state index contributed by atoms with van der Waals surface area (Å²) in [6.07, 6.45) is 40.7. The minimum atomic E-state index is -0.147. The molecule has 0 saturated carbocycles. The number of anilines is 2. The van der Waals surface area contributed by atoms with E-state index in [2.05, 4.69) is 59.6 Å². The highest BCUT2D eigenvalue weighted by Gasteiger charge is 2.21. The van der Waals surface area contributed by atoms with Crippen molar-refractivity contribution in [1.82, 2.24) is 19.1 Å². The monoisotopic (exact) mass is 1010 g/mol. The van der Waals surface area contributed by atoms with Crippen molar-refractivity contribution in [3.05, 3.63) is 56.1 Å². The SMILES string of the molecule is CCCCCCCCC[n+]1c(C)cc2nc1SCCCCCCCCCCn1c(C)cc(=O)n(c1=O)CCCCCCCCCCSc1nc(cc(C)[n+]1CCCCCCCCC)NCCCCCN2.